The van der Waals surface area contributed by atoms with Crippen LogP contribution in [-0.2, 0) is 140 Å². The molecule has 0 aliphatic rings. The van der Waals surface area contributed by atoms with Gasteiger partial charge in [-0.15, -0.1) is 24.8 Å². The van der Waals surface area contributed by atoms with Gasteiger partial charge >= 0.3 is 65.4 Å². The molecule has 0 aromatic heterocycles. The summed E-state index contributed by atoms with van der Waals surface area (Å²) in [5.74, 6) is -9.43. The Balaban J connectivity index is -0.000000223. The van der Waals surface area contributed by atoms with Crippen molar-refractivity contribution in [3.8, 4) is 0 Å². The van der Waals surface area contributed by atoms with Crippen LogP contribution in [0, 0.1) is 59.2 Å². The molecule has 820 valence electrons. The monoisotopic (exact) mass is 2190 g/mol. The number of Topliss-reactive ketones (excluding diaryl/α,β-unsaturated/α-hetero) is 13. The molecule has 32 nitrogen and oxygen atoms in total. The number of ether oxygens (including phenoxy) is 2. The van der Waals surface area contributed by atoms with Crippen molar-refractivity contribution in [3.63, 3.8) is 0 Å². The number of ketones is 13. The molecule has 0 heterocycles. The van der Waals surface area contributed by atoms with Crippen molar-refractivity contribution in [2.24, 2.45) is 76.4 Å². The summed E-state index contributed by atoms with van der Waals surface area (Å²) in [6.45, 7) is 36.1. The van der Waals surface area contributed by atoms with E-state index in [4.69, 9.17) is 53.4 Å². The number of esters is 2. The number of carboxylic acids is 4. The summed E-state index contributed by atoms with van der Waals surface area (Å²) in [5.41, 5.74) is 21.6. The van der Waals surface area contributed by atoms with Crippen LogP contribution in [0.2, 0.25) is 0 Å². The molecule has 0 radical (unpaired) electrons. The maximum atomic E-state index is 13.3. The molecular formula is C108H157Cl5N3NaO29S. The van der Waals surface area contributed by atoms with Gasteiger partial charge in [-0.2, -0.15) is 0 Å². The quantitative estimate of drug-likeness (QED) is 0.00881. The Hall–Kier alpha value is -9.56. The number of benzene rings is 4. The topological polar surface area (TPSA) is 586 Å². The second kappa shape index (κ2) is 92.6. The van der Waals surface area contributed by atoms with Gasteiger partial charge in [0.15, 0.2) is 17.3 Å². The number of carbonyl (C=O) groups excluding carboxylic acids is 16. The molecule has 39 heteroatoms. The fourth-order valence-electron chi connectivity index (χ4n) is 13.4. The van der Waals surface area contributed by atoms with Crippen molar-refractivity contribution in [3.05, 3.63) is 192 Å². The predicted molar refractivity (Wildman–Crippen MR) is 571 cm³/mol. The number of aliphatic hydroxyl groups excluding tert-OH is 1. The number of methoxy groups -OCH3 is 2. The molecule has 0 amide bonds. The second-order valence-corrected chi connectivity index (χ2v) is 38.9. The molecule has 0 saturated heterocycles. The normalized spacial score (nSPS) is 11.7. The molecule has 4 aromatic rings. The van der Waals surface area contributed by atoms with E-state index in [1.807, 2.05) is 177 Å². The first-order chi connectivity index (χ1) is 66.8. The minimum atomic E-state index is -1.67. The van der Waals surface area contributed by atoms with Gasteiger partial charge in [0, 0.05) is 160 Å². The van der Waals surface area contributed by atoms with Gasteiger partial charge in [0.05, 0.1) is 70.4 Å². The maximum absolute atomic E-state index is 13.3. The van der Waals surface area contributed by atoms with Gasteiger partial charge in [0.1, 0.15) is 57.8 Å². The molecular weight excluding hydrogens is 2040 g/mol. The molecule has 0 bridgehead atoms. The summed E-state index contributed by atoms with van der Waals surface area (Å²) in [7, 11) is 10.9. The number of allylic oxidation sites excluding steroid dienone is 4. The molecule has 0 fully saturated rings. The van der Waals surface area contributed by atoms with Crippen LogP contribution < -0.4 is 46.8 Å². The Kier molecular flexibility index (Phi) is 97.7. The predicted octanol–water partition coefficient (Wildman–Crippen LogP) is 14.6. The van der Waals surface area contributed by atoms with Gasteiger partial charge in [-0.1, -0.05) is 203 Å². The maximum Gasteiger partial charge on any atom is 1.00 e. The number of aliphatic carboxylic acids is 4. The molecule has 147 heavy (non-hydrogen) atoms. The number of aliphatic hydroxyl groups is 1. The second-order valence-electron chi connectivity index (χ2n) is 36.0. The van der Waals surface area contributed by atoms with E-state index in [1.165, 1.54) is 14.2 Å². The van der Waals surface area contributed by atoms with Crippen molar-refractivity contribution in [1.29, 1.82) is 0 Å². The first kappa shape index (κ1) is 155. The molecule has 0 aliphatic carbocycles. The summed E-state index contributed by atoms with van der Waals surface area (Å²) in [5, 5.41) is 42.0. The van der Waals surface area contributed by atoms with Crippen LogP contribution in [0.3, 0.4) is 0 Å². The zero-order chi connectivity index (χ0) is 111. The Morgan fingerprint density at radius 2 is 0.551 bits per heavy atom. The number of carbonyl (C=O) groups is 20. The van der Waals surface area contributed by atoms with E-state index in [0.717, 1.165) is 29.4 Å². The molecule has 8 unspecified atom stereocenters. The van der Waals surface area contributed by atoms with Crippen molar-refractivity contribution in [2.75, 3.05) is 27.9 Å². The Morgan fingerprint density at radius 3 is 0.762 bits per heavy atom. The zero-order valence-electron chi connectivity index (χ0n) is 88.0. The van der Waals surface area contributed by atoms with Gasteiger partial charge in [-0.25, -0.2) is 4.21 Å². The van der Waals surface area contributed by atoms with Crippen LogP contribution in [0.25, 0.3) is 0 Å². The number of rotatable bonds is 62. The first-order valence-corrected chi connectivity index (χ1v) is 50.2. The Morgan fingerprint density at radius 1 is 0.333 bits per heavy atom. The van der Waals surface area contributed by atoms with Gasteiger partial charge in [-0.05, 0) is 153 Å². The van der Waals surface area contributed by atoms with Crippen LogP contribution in [0.15, 0.2) is 170 Å². The molecule has 12 N–H and O–H groups in total. The number of hydrogen-bond donors (Lipinski definition) is 8. The van der Waals surface area contributed by atoms with Crippen LogP contribution in [0.4, 0.5) is 0 Å². The fraction of sp³-hybridized carbons (Fsp3) is 0.519. The molecule has 4 rings (SSSR count). The third kappa shape index (κ3) is 88.0. The van der Waals surface area contributed by atoms with Gasteiger partial charge < -0.3 is 57.7 Å². The minimum Gasteiger partial charge on any atom is -0.870 e. The molecule has 0 aliphatic heterocycles. The minimum absolute atomic E-state index is 0. The number of carboxylic acid groups (broad SMARTS) is 4. The summed E-state index contributed by atoms with van der Waals surface area (Å²) < 4.78 is 18.1. The van der Waals surface area contributed by atoms with E-state index in [2.05, 4.69) is 57.2 Å². The summed E-state index contributed by atoms with van der Waals surface area (Å²) in [4.78, 5) is 233. The number of hydrogen-bond acceptors (Lipinski definition) is 28. The average molecular weight is 2190 g/mol. The Labute approximate surface area is 917 Å². The molecule has 0 spiro atoms. The van der Waals surface area contributed by atoms with E-state index in [0.29, 0.717) is 85.5 Å². The van der Waals surface area contributed by atoms with Crippen molar-refractivity contribution < 1.29 is 170 Å². The first-order valence-electron chi connectivity index (χ1n) is 47.1. The van der Waals surface area contributed by atoms with E-state index in [-0.39, 0.29) is 288 Å². The average Bonchev–Trinajstić information content (AvgIpc) is 0.861. The zero-order valence-corrected chi connectivity index (χ0v) is 94.7. The SMILES string of the molecule is C=C(C)C(=O)CCC(=O)CC(Cc1ccccc1)C(=O)CC(CC(C)C)C(=O)CCC(=O)O.C=C(C)C(=O)CCC(=O)CC(Cc1ccccc1)C(=O)CC(CC(C)C)C(=O)CCC(=O)OC.C=C(C)C(=O)CCC(=O)CC(Cc1ccccc1)C(=O)O.C=C(C)C(=O)Cl.CC(C)CC(N)C(=O)CCC(=O)O.CO.COC(=O)CCC(=O)C(N)CC(C)C.Cl.Cl.NCC(=O)CC(Cc1ccccc1)C(=O)O.O=S(Cl)Cl.[Na+].[OH-]. The van der Waals surface area contributed by atoms with E-state index >= 15 is 0 Å². The third-order valence-corrected chi connectivity index (χ3v) is 21.4. The summed E-state index contributed by atoms with van der Waals surface area (Å²) >= 11 is 4.87. The van der Waals surface area contributed by atoms with E-state index in [9.17, 15) is 101 Å². The van der Waals surface area contributed by atoms with Crippen molar-refractivity contribution >= 4 is 183 Å². The Bertz CT molecular complexity index is 4720. The van der Waals surface area contributed by atoms with Crippen LogP contribution in [0.5, 0.6) is 0 Å². The summed E-state index contributed by atoms with van der Waals surface area (Å²) in [6, 6.07) is 36.3. The van der Waals surface area contributed by atoms with Crippen LogP contribution in [-0.4, -0.2) is 191 Å². The van der Waals surface area contributed by atoms with Crippen LogP contribution in [0.1, 0.15) is 259 Å². The largest absolute Gasteiger partial charge is 1.00 e. The molecule has 8 atom stereocenters. The van der Waals surface area contributed by atoms with Gasteiger partial charge in [0.25, 0.3) is 0 Å². The van der Waals surface area contributed by atoms with Gasteiger partial charge in [0.2, 0.25) is 14.5 Å². The molecule has 0 saturated carbocycles. The van der Waals surface area contributed by atoms with Crippen LogP contribution >= 0.6 is 57.8 Å². The standard InChI is InChI=1S/C28H38O6.C27H36O6.C17H20O4.C12H15NO3.C10H19NO3.C9H17NO3.C4H5ClO.CH4O.Cl2OS.2ClH.Na.H2O/c1-19(2)15-22(26(31)13-14-28(33)34-5)18-27(32)23(16-21-9-7-6-8-10-21)17-24(29)11-12-25(30)20(3)4;1-18(2)14-21(25(30)12-13-27(32)33)17-26(31)22(15-20-8-6-5-7-9-20)16-23(28)10-11-24(29)19(3)4;1-12(2)16(19)9-8-15(18)11-14(17(20)21)10-13-6-4-3-5-7-13;13-8-11(14)7-10(12(15)16)6-9-4-2-1-3-5-9;1-7(2)6-8(11)9(12)4-5-10(13)14-3;1-6(2)5-7(10)8(11)3-4-9(12)13;1-3(2)4(5)6;1-2;1-4(2)3;;;;/h6-10,19,22-23H,3,11-18H2,1-2,4-5H3;5-9,18,21-22H,3,10-17H2,1-2,4H3,(H,32,33);3-7,14H,1,8-11H2,2H3,(H,20,21);1-5,10H,6-8,13H2,(H,15,16);7-8H,4-6,11H2,1-3H3;6-7H,3-5,10H2,1-2H3,(H,12,13);1H2,2H3;2H,1H3;;2*1H;;1H2/q;;;;;;;;;;;+1;/p-1. The van der Waals surface area contributed by atoms with Gasteiger partial charge in [-0.3, -0.25) is 95.9 Å². The summed E-state index contributed by atoms with van der Waals surface area (Å²) in [6.07, 6.45) is 4.12. The van der Waals surface area contributed by atoms with E-state index < -0.39 is 91.9 Å². The van der Waals surface area contributed by atoms with Crippen molar-refractivity contribution in [1.82, 2.24) is 0 Å². The third-order valence-electron chi connectivity index (χ3n) is 21.1. The van der Waals surface area contributed by atoms with E-state index in [1.54, 1.807) is 27.7 Å². The van der Waals surface area contributed by atoms with Crippen molar-refractivity contribution in [2.45, 2.75) is 275 Å². The fourth-order valence-corrected chi connectivity index (χ4v) is 13.4. The smallest absolute Gasteiger partial charge is 0.870 e. The number of halogens is 5. The molecule has 4 aromatic carbocycles. The number of nitrogens with two attached hydrogens (primary N) is 3.